The number of aromatic nitrogens is 4. The molecule has 1 aromatic carbocycles. The van der Waals surface area contributed by atoms with Crippen LogP contribution in [-0.4, -0.2) is 65.4 Å². The van der Waals surface area contributed by atoms with Crippen molar-refractivity contribution in [2.24, 2.45) is 5.92 Å². The summed E-state index contributed by atoms with van der Waals surface area (Å²) in [5, 5.41) is 8.13. The minimum absolute atomic E-state index is 0.129. The van der Waals surface area contributed by atoms with Crippen molar-refractivity contribution in [1.82, 2.24) is 25.1 Å². The predicted octanol–water partition coefficient (Wildman–Crippen LogP) is 4.44. The summed E-state index contributed by atoms with van der Waals surface area (Å²) in [6, 6.07) is 4.98. The second-order valence-corrected chi connectivity index (χ2v) is 9.23. The molecule has 1 saturated heterocycles. The van der Waals surface area contributed by atoms with E-state index in [1.807, 2.05) is 20.2 Å². The summed E-state index contributed by atoms with van der Waals surface area (Å²) in [5.74, 6) is 0.724. The van der Waals surface area contributed by atoms with Crippen LogP contribution in [0.5, 0.6) is 0 Å². The topological polar surface area (TPSA) is 70.2 Å². The fourth-order valence-corrected chi connectivity index (χ4v) is 4.58. The highest BCUT2D eigenvalue weighted by Gasteiger charge is 2.30. The Kier molecular flexibility index (Phi) is 7.05. The van der Waals surface area contributed by atoms with Crippen LogP contribution in [0.25, 0.3) is 11.0 Å². The molecule has 7 nitrogen and oxygen atoms in total. The molecule has 1 atom stereocenters. The van der Waals surface area contributed by atoms with E-state index in [2.05, 4.69) is 45.9 Å². The van der Waals surface area contributed by atoms with Crippen molar-refractivity contribution in [3.63, 3.8) is 0 Å². The summed E-state index contributed by atoms with van der Waals surface area (Å²) in [4.78, 5) is 13.1. The Morgan fingerprint density at radius 1 is 1.32 bits per heavy atom. The lowest BCUT2D eigenvalue weighted by atomic mass is 9.87. The van der Waals surface area contributed by atoms with E-state index < -0.39 is 5.82 Å². The molecular formula is C21H25BrClFN6O. The van der Waals surface area contributed by atoms with E-state index in [-0.39, 0.29) is 17.0 Å². The molecule has 1 aliphatic heterocycles. The molecule has 1 aliphatic rings. The molecule has 3 aromatic rings. The van der Waals surface area contributed by atoms with Crippen LogP contribution in [0.1, 0.15) is 24.5 Å². The number of piperidine rings is 1. The molecule has 3 heterocycles. The lowest BCUT2D eigenvalue weighted by Crippen LogP contribution is -2.37. The normalized spacial score (nSPS) is 16.4. The third-order valence-corrected chi connectivity index (χ3v) is 6.54. The number of hydrogen-bond donors (Lipinski definition) is 1. The molecule has 0 aliphatic carbocycles. The van der Waals surface area contributed by atoms with Crippen molar-refractivity contribution >= 4 is 44.4 Å². The first-order valence-corrected chi connectivity index (χ1v) is 11.4. The van der Waals surface area contributed by atoms with Crippen molar-refractivity contribution in [3.8, 4) is 0 Å². The van der Waals surface area contributed by atoms with Crippen molar-refractivity contribution in [1.29, 1.82) is 0 Å². The molecule has 0 bridgehead atoms. The van der Waals surface area contributed by atoms with Crippen LogP contribution >= 0.6 is 27.5 Å². The zero-order valence-electron chi connectivity index (χ0n) is 17.5. The number of rotatable bonds is 7. The highest BCUT2D eigenvalue weighted by Crippen LogP contribution is 2.37. The summed E-state index contributed by atoms with van der Waals surface area (Å²) in [6.45, 7) is 3.02. The number of anilines is 1. The maximum atomic E-state index is 14.2. The van der Waals surface area contributed by atoms with Crippen molar-refractivity contribution in [3.05, 3.63) is 45.5 Å². The monoisotopic (exact) mass is 510 g/mol. The number of H-pyrrole nitrogens is 1. The third-order valence-electron chi connectivity index (χ3n) is 5.66. The molecule has 31 heavy (non-hydrogen) atoms. The maximum Gasteiger partial charge on any atom is 0.187 e. The van der Waals surface area contributed by atoms with Gasteiger partial charge in [0.1, 0.15) is 22.6 Å². The van der Waals surface area contributed by atoms with Crippen LogP contribution in [0.4, 0.5) is 10.2 Å². The number of benzene rings is 1. The first-order chi connectivity index (χ1) is 14.9. The lowest BCUT2D eigenvalue weighted by molar-refractivity contribution is -0.00321. The summed E-state index contributed by atoms with van der Waals surface area (Å²) in [5.41, 5.74) is 1.47. The lowest BCUT2D eigenvalue weighted by Gasteiger charge is -2.37. The summed E-state index contributed by atoms with van der Waals surface area (Å²) < 4.78 is 21.2. The average Bonchev–Trinajstić information content (AvgIpc) is 3.15. The average molecular weight is 512 g/mol. The van der Waals surface area contributed by atoms with E-state index in [9.17, 15) is 4.39 Å². The van der Waals surface area contributed by atoms with Gasteiger partial charge in [0.15, 0.2) is 5.65 Å². The number of nitrogens with zero attached hydrogens (tertiary/aromatic N) is 5. The number of nitrogens with one attached hydrogen (secondary N) is 1. The smallest absolute Gasteiger partial charge is 0.187 e. The van der Waals surface area contributed by atoms with Crippen molar-refractivity contribution in [2.75, 3.05) is 45.2 Å². The Morgan fingerprint density at radius 2 is 2.10 bits per heavy atom. The van der Waals surface area contributed by atoms with E-state index in [1.54, 1.807) is 12.4 Å². The number of halogens is 3. The number of hydrogen-bond acceptors (Lipinski definition) is 6. The minimum atomic E-state index is -0.411. The van der Waals surface area contributed by atoms with E-state index in [0.717, 1.165) is 53.8 Å². The number of aromatic amines is 1. The van der Waals surface area contributed by atoms with E-state index in [1.165, 1.54) is 6.07 Å². The fourth-order valence-electron chi connectivity index (χ4n) is 4.02. The third kappa shape index (κ3) is 5.00. The molecule has 10 heteroatoms. The van der Waals surface area contributed by atoms with Gasteiger partial charge in [-0.05, 0) is 66.5 Å². The summed E-state index contributed by atoms with van der Waals surface area (Å²) in [7, 11) is 4.02. The van der Waals surface area contributed by atoms with E-state index in [0.29, 0.717) is 12.3 Å². The molecule has 0 saturated carbocycles. The molecule has 2 aromatic heterocycles. The molecule has 1 N–H and O–H groups in total. The Labute approximate surface area is 194 Å². The Morgan fingerprint density at radius 3 is 2.81 bits per heavy atom. The molecule has 166 valence electrons. The largest absolute Gasteiger partial charge is 0.372 e. The van der Waals surface area contributed by atoms with E-state index >= 15 is 0 Å². The molecule has 0 spiro atoms. The van der Waals surface area contributed by atoms with Crippen LogP contribution in [0.2, 0.25) is 5.02 Å². The minimum Gasteiger partial charge on any atom is -0.372 e. The van der Waals surface area contributed by atoms with Gasteiger partial charge in [0, 0.05) is 19.6 Å². The maximum absolute atomic E-state index is 14.2. The Bertz CT molecular complexity index is 1040. The van der Waals surface area contributed by atoms with Crippen LogP contribution in [0.3, 0.4) is 0 Å². The van der Waals surface area contributed by atoms with Crippen LogP contribution in [0, 0.1) is 11.7 Å². The second kappa shape index (κ2) is 9.77. The van der Waals surface area contributed by atoms with Crippen LogP contribution < -0.4 is 4.90 Å². The SMILES string of the molecule is CN(C)CCOC(c1ccc(Cl)c(F)c1)C1CCN(c2ncnc3n[nH]c(Br)c23)CC1. The number of fused-ring (bicyclic) bond motifs is 1. The first kappa shape index (κ1) is 22.4. The molecule has 0 amide bonds. The van der Waals surface area contributed by atoms with Gasteiger partial charge in [-0.3, -0.25) is 5.10 Å². The Balaban J connectivity index is 1.51. The molecule has 0 radical (unpaired) electrons. The zero-order chi connectivity index (χ0) is 22.0. The summed E-state index contributed by atoms with van der Waals surface area (Å²) in [6.07, 6.45) is 3.16. The van der Waals surface area contributed by atoms with Crippen LogP contribution in [0.15, 0.2) is 29.1 Å². The van der Waals surface area contributed by atoms with Gasteiger partial charge in [0.2, 0.25) is 0 Å². The molecular weight excluding hydrogens is 487 g/mol. The highest BCUT2D eigenvalue weighted by atomic mass is 79.9. The molecule has 1 unspecified atom stereocenters. The fraction of sp³-hybridized carbons (Fsp3) is 0.476. The highest BCUT2D eigenvalue weighted by molar-refractivity contribution is 9.10. The first-order valence-electron chi connectivity index (χ1n) is 10.2. The standard InChI is InChI=1S/C21H25BrClFN6O/c1-29(2)9-10-31-18(14-3-4-15(23)16(24)11-14)13-5-7-30(8-6-13)21-17-19(22)27-28-20(17)25-12-26-21/h3-4,11-13,18H,5-10H2,1-2H3,(H,25,26,27,28). The predicted molar refractivity (Wildman–Crippen MR) is 123 cm³/mol. The van der Waals surface area contributed by atoms with Gasteiger partial charge in [-0.15, -0.1) is 0 Å². The quantitative estimate of drug-likeness (QED) is 0.506. The van der Waals surface area contributed by atoms with Gasteiger partial charge in [0.25, 0.3) is 0 Å². The Hall–Kier alpha value is -1.81. The second-order valence-electron chi connectivity index (χ2n) is 8.03. The van der Waals surface area contributed by atoms with Gasteiger partial charge < -0.3 is 14.5 Å². The van der Waals surface area contributed by atoms with Gasteiger partial charge in [-0.1, -0.05) is 17.7 Å². The zero-order valence-corrected chi connectivity index (χ0v) is 19.8. The number of ether oxygens (including phenoxy) is 1. The van der Waals surface area contributed by atoms with Crippen LogP contribution in [-0.2, 0) is 4.74 Å². The van der Waals surface area contributed by atoms with Gasteiger partial charge in [0.05, 0.1) is 23.1 Å². The molecule has 4 rings (SSSR count). The summed E-state index contributed by atoms with van der Waals surface area (Å²) >= 11 is 9.41. The molecule has 1 fully saturated rings. The van der Waals surface area contributed by atoms with Crippen molar-refractivity contribution < 1.29 is 9.13 Å². The van der Waals surface area contributed by atoms with Crippen molar-refractivity contribution in [2.45, 2.75) is 18.9 Å². The van der Waals surface area contributed by atoms with Gasteiger partial charge in [-0.25, -0.2) is 14.4 Å². The van der Waals surface area contributed by atoms with Gasteiger partial charge >= 0.3 is 0 Å². The number of likely N-dealkylation sites (N-methyl/N-ethyl adjacent to an activating group) is 1. The van der Waals surface area contributed by atoms with E-state index in [4.69, 9.17) is 16.3 Å². The van der Waals surface area contributed by atoms with Gasteiger partial charge in [-0.2, -0.15) is 5.10 Å².